The molecule has 0 aliphatic carbocycles. The minimum atomic E-state index is -0.581. The van der Waals surface area contributed by atoms with Crippen LogP contribution in [0.4, 0.5) is 4.79 Å². The summed E-state index contributed by atoms with van der Waals surface area (Å²) >= 11 is 0. The molecule has 2 rings (SSSR count). The van der Waals surface area contributed by atoms with Gasteiger partial charge < -0.3 is 15.0 Å². The Balaban J connectivity index is 2.01. The zero-order valence-electron chi connectivity index (χ0n) is 15.6. The maximum absolute atomic E-state index is 12.9. The summed E-state index contributed by atoms with van der Waals surface area (Å²) in [6, 6.07) is 9.47. The number of hydrogen-bond donors (Lipinski definition) is 1. The topological polar surface area (TPSA) is 58.6 Å². The van der Waals surface area contributed by atoms with Crippen molar-refractivity contribution in [3.63, 3.8) is 0 Å². The molecule has 0 unspecified atom stereocenters. The molecule has 1 aliphatic rings. The van der Waals surface area contributed by atoms with Crippen LogP contribution < -0.4 is 5.32 Å². The van der Waals surface area contributed by atoms with Crippen molar-refractivity contribution < 1.29 is 14.3 Å². The van der Waals surface area contributed by atoms with E-state index in [2.05, 4.69) is 5.32 Å². The first-order valence-corrected chi connectivity index (χ1v) is 9.17. The van der Waals surface area contributed by atoms with Crippen LogP contribution in [0, 0.1) is 0 Å². The second-order valence-electron chi connectivity index (χ2n) is 7.61. The molecule has 0 saturated carbocycles. The summed E-state index contributed by atoms with van der Waals surface area (Å²) in [5, 5.41) is 2.79. The molecule has 0 radical (unpaired) electrons. The van der Waals surface area contributed by atoms with Gasteiger partial charge in [0.2, 0.25) is 5.91 Å². The number of nitrogens with one attached hydrogen (secondary N) is 1. The third kappa shape index (κ3) is 6.77. The zero-order valence-corrected chi connectivity index (χ0v) is 15.6. The Hall–Kier alpha value is -2.04. The van der Waals surface area contributed by atoms with E-state index >= 15 is 0 Å². The Morgan fingerprint density at radius 1 is 1.12 bits per heavy atom. The molecule has 5 nitrogen and oxygen atoms in total. The number of piperidine rings is 1. The van der Waals surface area contributed by atoms with Gasteiger partial charge >= 0.3 is 6.09 Å². The van der Waals surface area contributed by atoms with Crippen molar-refractivity contribution >= 4 is 12.0 Å². The van der Waals surface area contributed by atoms with Crippen molar-refractivity contribution in [2.24, 2.45) is 0 Å². The van der Waals surface area contributed by atoms with E-state index in [1.54, 1.807) is 0 Å². The summed E-state index contributed by atoms with van der Waals surface area (Å²) in [4.78, 5) is 26.9. The van der Waals surface area contributed by atoms with Crippen molar-refractivity contribution in [3.8, 4) is 0 Å². The number of nitrogens with zero attached hydrogens (tertiary/aromatic N) is 1. The number of benzene rings is 1. The molecule has 5 heteroatoms. The van der Waals surface area contributed by atoms with E-state index < -0.39 is 17.7 Å². The third-order valence-electron chi connectivity index (χ3n) is 4.22. The Labute approximate surface area is 150 Å². The highest BCUT2D eigenvalue weighted by molar-refractivity contribution is 5.85. The van der Waals surface area contributed by atoms with Crippen LogP contribution in [0.25, 0.3) is 0 Å². The minimum Gasteiger partial charge on any atom is -0.444 e. The lowest BCUT2D eigenvalue weighted by Gasteiger charge is -2.31. The lowest BCUT2D eigenvalue weighted by atomic mass is 10.0. The first-order chi connectivity index (χ1) is 11.8. The van der Waals surface area contributed by atoms with Crippen molar-refractivity contribution in [2.75, 3.05) is 13.1 Å². The van der Waals surface area contributed by atoms with Gasteiger partial charge in [0.15, 0.2) is 0 Å². The van der Waals surface area contributed by atoms with Gasteiger partial charge in [-0.1, -0.05) is 30.3 Å². The van der Waals surface area contributed by atoms with Gasteiger partial charge in [-0.05, 0) is 58.4 Å². The maximum atomic E-state index is 12.9. The molecule has 1 saturated heterocycles. The number of hydrogen-bond acceptors (Lipinski definition) is 3. The molecule has 138 valence electrons. The van der Waals surface area contributed by atoms with Gasteiger partial charge in [-0.25, -0.2) is 4.79 Å². The van der Waals surface area contributed by atoms with E-state index in [1.807, 2.05) is 56.0 Å². The van der Waals surface area contributed by atoms with Gasteiger partial charge in [0.25, 0.3) is 0 Å². The van der Waals surface area contributed by atoms with Crippen LogP contribution in [0.5, 0.6) is 0 Å². The minimum absolute atomic E-state index is 0.00138. The quantitative estimate of drug-likeness (QED) is 0.887. The van der Waals surface area contributed by atoms with Crippen LogP contribution in [-0.4, -0.2) is 41.6 Å². The first kappa shape index (κ1) is 19.3. The highest BCUT2D eigenvalue weighted by Crippen LogP contribution is 2.14. The Morgan fingerprint density at radius 2 is 1.76 bits per heavy atom. The van der Waals surface area contributed by atoms with Gasteiger partial charge in [-0.15, -0.1) is 0 Å². The normalized spacial score (nSPS) is 16.2. The Bertz CT molecular complexity index is 560. The fraction of sp³-hybridized carbons (Fsp3) is 0.600. The third-order valence-corrected chi connectivity index (χ3v) is 4.22. The largest absolute Gasteiger partial charge is 0.444 e. The molecule has 1 heterocycles. The molecule has 0 spiro atoms. The number of alkyl carbamates (subject to hydrolysis) is 1. The molecule has 1 aromatic rings. The second kappa shape index (κ2) is 8.88. The van der Waals surface area contributed by atoms with Crippen molar-refractivity contribution in [1.29, 1.82) is 0 Å². The van der Waals surface area contributed by atoms with E-state index in [1.165, 1.54) is 0 Å². The van der Waals surface area contributed by atoms with E-state index in [-0.39, 0.29) is 5.91 Å². The van der Waals surface area contributed by atoms with Crippen LogP contribution in [-0.2, 0) is 16.0 Å². The molecule has 0 aromatic heterocycles. The number of likely N-dealkylation sites (tertiary alicyclic amines) is 1. The SMILES string of the molecule is CC(C)(C)OC(=O)N[C@H](CCc1ccccc1)C(=O)N1CCCCC1. The van der Waals surface area contributed by atoms with E-state index in [0.717, 1.165) is 44.3 Å². The van der Waals surface area contributed by atoms with Gasteiger partial charge in [0, 0.05) is 13.1 Å². The van der Waals surface area contributed by atoms with Crippen molar-refractivity contribution in [3.05, 3.63) is 35.9 Å². The van der Waals surface area contributed by atoms with Gasteiger partial charge in [0.05, 0.1) is 0 Å². The Morgan fingerprint density at radius 3 is 2.36 bits per heavy atom. The summed E-state index contributed by atoms with van der Waals surface area (Å²) < 4.78 is 5.34. The molecule has 1 aliphatic heterocycles. The van der Waals surface area contributed by atoms with Crippen LogP contribution in [0.3, 0.4) is 0 Å². The number of carbonyl (C=O) groups is 2. The van der Waals surface area contributed by atoms with E-state index in [9.17, 15) is 9.59 Å². The van der Waals surface area contributed by atoms with Crippen LogP contribution >= 0.6 is 0 Å². The number of aryl methyl sites for hydroxylation is 1. The molecule has 25 heavy (non-hydrogen) atoms. The predicted octanol–water partition coefficient (Wildman–Crippen LogP) is 3.53. The average Bonchev–Trinajstić information content (AvgIpc) is 2.58. The molecule has 2 amide bonds. The monoisotopic (exact) mass is 346 g/mol. The summed E-state index contributed by atoms with van der Waals surface area (Å²) in [6.45, 7) is 7.00. The lowest BCUT2D eigenvalue weighted by molar-refractivity contribution is -0.134. The summed E-state index contributed by atoms with van der Waals surface area (Å²) in [5.41, 5.74) is 0.576. The fourth-order valence-corrected chi connectivity index (χ4v) is 3.00. The van der Waals surface area contributed by atoms with Gasteiger partial charge in [-0.3, -0.25) is 4.79 Å². The summed E-state index contributed by atoms with van der Waals surface area (Å²) in [6.07, 6.45) is 4.00. The second-order valence-corrected chi connectivity index (χ2v) is 7.61. The molecule has 0 bridgehead atoms. The highest BCUT2D eigenvalue weighted by atomic mass is 16.6. The van der Waals surface area contributed by atoms with Gasteiger partial charge in [-0.2, -0.15) is 0 Å². The van der Waals surface area contributed by atoms with Gasteiger partial charge in [0.1, 0.15) is 11.6 Å². The molecular weight excluding hydrogens is 316 g/mol. The highest BCUT2D eigenvalue weighted by Gasteiger charge is 2.28. The predicted molar refractivity (Wildman–Crippen MR) is 98.4 cm³/mol. The summed E-state index contributed by atoms with van der Waals surface area (Å²) in [7, 11) is 0. The van der Waals surface area contributed by atoms with Crippen LogP contribution in [0.15, 0.2) is 30.3 Å². The smallest absolute Gasteiger partial charge is 0.408 e. The molecule has 1 atom stereocenters. The van der Waals surface area contributed by atoms with E-state index in [0.29, 0.717) is 6.42 Å². The van der Waals surface area contributed by atoms with Crippen LogP contribution in [0.1, 0.15) is 52.0 Å². The number of ether oxygens (including phenoxy) is 1. The van der Waals surface area contributed by atoms with Crippen molar-refractivity contribution in [2.45, 2.75) is 64.5 Å². The summed E-state index contributed by atoms with van der Waals surface area (Å²) in [5.74, 6) is 0.00138. The lowest BCUT2D eigenvalue weighted by Crippen LogP contribution is -2.51. The molecule has 1 aromatic carbocycles. The first-order valence-electron chi connectivity index (χ1n) is 9.17. The molecule has 1 fully saturated rings. The number of carbonyl (C=O) groups excluding carboxylic acids is 2. The molecular formula is C20H30N2O3. The average molecular weight is 346 g/mol. The number of rotatable bonds is 5. The van der Waals surface area contributed by atoms with Crippen molar-refractivity contribution in [1.82, 2.24) is 10.2 Å². The standard InChI is InChI=1S/C20H30N2O3/c1-20(2,3)25-19(24)21-17(13-12-16-10-6-4-7-11-16)18(23)22-14-8-5-9-15-22/h4,6-7,10-11,17H,5,8-9,12-15H2,1-3H3,(H,21,24)/t17-/m1/s1. The van der Waals surface area contributed by atoms with E-state index in [4.69, 9.17) is 4.74 Å². The number of amides is 2. The maximum Gasteiger partial charge on any atom is 0.408 e. The van der Waals surface area contributed by atoms with Crippen LogP contribution in [0.2, 0.25) is 0 Å². The fourth-order valence-electron chi connectivity index (χ4n) is 3.00. The zero-order chi connectivity index (χ0) is 18.3. The molecule has 1 N–H and O–H groups in total. The Kier molecular flexibility index (Phi) is 6.85.